The Kier molecular flexibility index (Phi) is 5.15. The topological polar surface area (TPSA) is 50.4 Å². The third kappa shape index (κ3) is 4.05. The van der Waals surface area contributed by atoms with Gasteiger partial charge in [0.25, 0.3) is 0 Å². The van der Waals surface area contributed by atoms with Crippen molar-refractivity contribution >= 4 is 11.6 Å². The van der Waals surface area contributed by atoms with Crippen LogP contribution in [-0.2, 0) is 9.53 Å². The van der Waals surface area contributed by atoms with E-state index < -0.39 is 0 Å². The molecule has 1 aliphatic heterocycles. The number of rotatable bonds is 5. The third-order valence-corrected chi connectivity index (χ3v) is 3.93. The van der Waals surface area contributed by atoms with Gasteiger partial charge in [0.15, 0.2) is 0 Å². The van der Waals surface area contributed by atoms with Crippen LogP contribution in [0.2, 0.25) is 0 Å². The summed E-state index contributed by atoms with van der Waals surface area (Å²) in [7, 11) is 0. The van der Waals surface area contributed by atoms with Gasteiger partial charge in [0.2, 0.25) is 5.91 Å². The van der Waals surface area contributed by atoms with Gasteiger partial charge in [-0.3, -0.25) is 4.79 Å². The predicted molar refractivity (Wildman–Crippen MR) is 80.7 cm³/mol. The summed E-state index contributed by atoms with van der Waals surface area (Å²) in [5.74, 6) is 0.552. The summed E-state index contributed by atoms with van der Waals surface area (Å²) < 4.78 is 5.58. The van der Waals surface area contributed by atoms with Crippen LogP contribution >= 0.6 is 0 Å². The quantitative estimate of drug-likeness (QED) is 0.869. The standard InChI is InChI=1S/C16H24N2O2/c1-11(17-10-15-7-8-20-12(15)2)14-5-4-6-16(9-14)18-13(3)19/h4-6,9,11-12,15,17H,7-8,10H2,1-3H3,(H,18,19). The molecular weight excluding hydrogens is 252 g/mol. The minimum absolute atomic E-state index is 0.0420. The molecule has 1 aromatic rings. The summed E-state index contributed by atoms with van der Waals surface area (Å²) >= 11 is 0. The maximum absolute atomic E-state index is 11.1. The first-order chi connectivity index (χ1) is 9.56. The molecule has 0 aromatic heterocycles. The summed E-state index contributed by atoms with van der Waals surface area (Å²) in [4.78, 5) is 11.1. The van der Waals surface area contributed by atoms with Gasteiger partial charge in [-0.1, -0.05) is 12.1 Å². The lowest BCUT2D eigenvalue weighted by Gasteiger charge is -2.20. The number of hydrogen-bond acceptors (Lipinski definition) is 3. The van der Waals surface area contributed by atoms with E-state index in [4.69, 9.17) is 4.74 Å². The number of benzene rings is 1. The Bertz CT molecular complexity index is 462. The summed E-state index contributed by atoms with van der Waals surface area (Å²) in [5, 5.41) is 6.38. The van der Waals surface area contributed by atoms with E-state index in [0.717, 1.165) is 25.3 Å². The van der Waals surface area contributed by atoms with E-state index in [9.17, 15) is 4.79 Å². The predicted octanol–water partition coefficient (Wildman–Crippen LogP) is 2.72. The Hall–Kier alpha value is -1.39. The molecule has 2 N–H and O–H groups in total. The molecule has 0 spiro atoms. The highest BCUT2D eigenvalue weighted by atomic mass is 16.5. The van der Waals surface area contributed by atoms with Gasteiger partial charge in [-0.2, -0.15) is 0 Å². The number of carbonyl (C=O) groups excluding carboxylic acids is 1. The Morgan fingerprint density at radius 2 is 2.30 bits per heavy atom. The first-order valence-corrected chi connectivity index (χ1v) is 7.29. The molecule has 3 unspecified atom stereocenters. The third-order valence-electron chi connectivity index (χ3n) is 3.93. The highest BCUT2D eigenvalue weighted by Crippen LogP contribution is 2.22. The number of amides is 1. The van der Waals surface area contributed by atoms with Gasteiger partial charge in [-0.05, 0) is 43.9 Å². The zero-order chi connectivity index (χ0) is 14.5. The van der Waals surface area contributed by atoms with Crippen molar-refractivity contribution < 1.29 is 9.53 Å². The van der Waals surface area contributed by atoms with Gasteiger partial charge < -0.3 is 15.4 Å². The normalized spacial score (nSPS) is 23.6. The van der Waals surface area contributed by atoms with Crippen LogP contribution in [0.5, 0.6) is 0 Å². The Labute approximate surface area is 120 Å². The lowest BCUT2D eigenvalue weighted by atomic mass is 10.0. The first-order valence-electron chi connectivity index (χ1n) is 7.29. The highest BCUT2D eigenvalue weighted by molar-refractivity contribution is 5.88. The van der Waals surface area contributed by atoms with Crippen LogP contribution in [-0.4, -0.2) is 25.2 Å². The molecule has 2 rings (SSSR count). The first kappa shape index (κ1) is 15.0. The Balaban J connectivity index is 1.91. The highest BCUT2D eigenvalue weighted by Gasteiger charge is 2.24. The molecule has 4 nitrogen and oxygen atoms in total. The van der Waals surface area contributed by atoms with Crippen LogP contribution in [0.15, 0.2) is 24.3 Å². The van der Waals surface area contributed by atoms with Crippen LogP contribution in [0.4, 0.5) is 5.69 Å². The number of ether oxygens (including phenoxy) is 1. The molecule has 110 valence electrons. The van der Waals surface area contributed by atoms with Crippen molar-refractivity contribution in [2.45, 2.75) is 39.3 Å². The molecule has 1 fully saturated rings. The van der Waals surface area contributed by atoms with Gasteiger partial charge >= 0.3 is 0 Å². The second-order valence-corrected chi connectivity index (χ2v) is 5.56. The molecule has 0 bridgehead atoms. The molecule has 4 heteroatoms. The maximum Gasteiger partial charge on any atom is 0.221 e. The van der Waals surface area contributed by atoms with Crippen molar-refractivity contribution in [3.05, 3.63) is 29.8 Å². The zero-order valence-corrected chi connectivity index (χ0v) is 12.5. The fourth-order valence-electron chi connectivity index (χ4n) is 2.58. The minimum atomic E-state index is -0.0420. The maximum atomic E-state index is 11.1. The monoisotopic (exact) mass is 276 g/mol. The Morgan fingerprint density at radius 3 is 2.95 bits per heavy atom. The van der Waals surface area contributed by atoms with Gasteiger partial charge in [0, 0.05) is 31.8 Å². The number of carbonyl (C=O) groups is 1. The molecule has 1 amide bonds. The van der Waals surface area contributed by atoms with Crippen molar-refractivity contribution in [3.63, 3.8) is 0 Å². The van der Waals surface area contributed by atoms with Crippen molar-refractivity contribution in [1.29, 1.82) is 0 Å². The average molecular weight is 276 g/mol. The summed E-state index contributed by atoms with van der Waals surface area (Å²) in [6.07, 6.45) is 1.48. The molecule has 0 saturated carbocycles. The van der Waals surface area contributed by atoms with E-state index in [-0.39, 0.29) is 11.9 Å². The van der Waals surface area contributed by atoms with Crippen LogP contribution in [0, 0.1) is 5.92 Å². The van der Waals surface area contributed by atoms with Crippen molar-refractivity contribution in [1.82, 2.24) is 5.32 Å². The van der Waals surface area contributed by atoms with Gasteiger partial charge in [0.1, 0.15) is 0 Å². The van der Waals surface area contributed by atoms with E-state index in [0.29, 0.717) is 12.0 Å². The molecule has 3 atom stereocenters. The van der Waals surface area contributed by atoms with E-state index in [2.05, 4.69) is 30.5 Å². The SMILES string of the molecule is CC(=O)Nc1cccc(C(C)NCC2CCOC2C)c1. The van der Waals surface area contributed by atoms with Gasteiger partial charge in [-0.15, -0.1) is 0 Å². The van der Waals surface area contributed by atoms with E-state index >= 15 is 0 Å². The number of anilines is 1. The molecule has 1 heterocycles. The fourth-order valence-corrected chi connectivity index (χ4v) is 2.58. The number of nitrogens with one attached hydrogen (secondary N) is 2. The molecule has 0 radical (unpaired) electrons. The second kappa shape index (κ2) is 6.86. The lowest BCUT2D eigenvalue weighted by Crippen LogP contribution is -2.29. The van der Waals surface area contributed by atoms with Gasteiger partial charge in [-0.25, -0.2) is 0 Å². The largest absolute Gasteiger partial charge is 0.378 e. The van der Waals surface area contributed by atoms with Gasteiger partial charge in [0.05, 0.1) is 6.10 Å². The zero-order valence-electron chi connectivity index (χ0n) is 12.5. The summed E-state index contributed by atoms with van der Waals surface area (Å²) in [6, 6.07) is 8.24. The second-order valence-electron chi connectivity index (χ2n) is 5.56. The summed E-state index contributed by atoms with van der Waals surface area (Å²) in [6.45, 7) is 7.65. The smallest absolute Gasteiger partial charge is 0.221 e. The average Bonchev–Trinajstić information content (AvgIpc) is 2.81. The minimum Gasteiger partial charge on any atom is -0.378 e. The molecule has 1 saturated heterocycles. The molecule has 1 aliphatic rings. The van der Waals surface area contributed by atoms with E-state index in [1.807, 2.05) is 18.2 Å². The van der Waals surface area contributed by atoms with Crippen LogP contribution in [0.1, 0.15) is 38.8 Å². The fraction of sp³-hybridized carbons (Fsp3) is 0.562. The summed E-state index contributed by atoms with van der Waals surface area (Å²) in [5.41, 5.74) is 2.03. The van der Waals surface area contributed by atoms with Crippen molar-refractivity contribution in [3.8, 4) is 0 Å². The lowest BCUT2D eigenvalue weighted by molar-refractivity contribution is -0.114. The van der Waals surface area contributed by atoms with E-state index in [1.165, 1.54) is 12.5 Å². The van der Waals surface area contributed by atoms with E-state index in [1.54, 1.807) is 0 Å². The van der Waals surface area contributed by atoms with Crippen LogP contribution < -0.4 is 10.6 Å². The van der Waals surface area contributed by atoms with Crippen LogP contribution in [0.3, 0.4) is 0 Å². The number of hydrogen-bond donors (Lipinski definition) is 2. The van der Waals surface area contributed by atoms with Crippen molar-refractivity contribution in [2.24, 2.45) is 5.92 Å². The Morgan fingerprint density at radius 1 is 1.50 bits per heavy atom. The molecular formula is C16H24N2O2. The van der Waals surface area contributed by atoms with Crippen molar-refractivity contribution in [2.75, 3.05) is 18.5 Å². The molecule has 1 aromatic carbocycles. The van der Waals surface area contributed by atoms with Crippen LogP contribution in [0.25, 0.3) is 0 Å². The molecule has 20 heavy (non-hydrogen) atoms. The molecule has 0 aliphatic carbocycles.